The molecular weight excluding hydrogens is 308 g/mol. The molecule has 0 saturated heterocycles. The smallest absolute Gasteiger partial charge is 0.240 e. The summed E-state index contributed by atoms with van der Waals surface area (Å²) in [5.74, 6) is 0.441. The highest BCUT2D eigenvalue weighted by Crippen LogP contribution is 2.19. The zero-order valence-corrected chi connectivity index (χ0v) is 12.6. The van der Waals surface area contributed by atoms with Crippen LogP contribution in [0.2, 0.25) is 5.02 Å². The van der Waals surface area contributed by atoms with Crippen LogP contribution in [-0.2, 0) is 20.8 Å². The monoisotopic (exact) mass is 320 g/mol. The number of halogens is 1. The van der Waals surface area contributed by atoms with Crippen molar-refractivity contribution in [3.8, 4) is 6.07 Å². The highest BCUT2D eigenvalue weighted by atomic mass is 35.5. The van der Waals surface area contributed by atoms with Crippen LogP contribution in [0.4, 0.5) is 0 Å². The fourth-order valence-corrected chi connectivity index (χ4v) is 3.26. The molecule has 5 nitrogen and oxygen atoms in total. The summed E-state index contributed by atoms with van der Waals surface area (Å²) in [6.07, 6.45) is 2.06. The van der Waals surface area contributed by atoms with E-state index < -0.39 is 20.8 Å². The van der Waals surface area contributed by atoms with E-state index in [1.165, 1.54) is 18.2 Å². The van der Waals surface area contributed by atoms with Gasteiger partial charge in [0.15, 0.2) is 0 Å². The number of hydrogen-bond donors (Lipinski definition) is 1. The number of hydrogen-bond acceptors (Lipinski definition) is 4. The van der Waals surface area contributed by atoms with E-state index in [0.29, 0.717) is 12.2 Å². The highest BCUT2D eigenvalue weighted by Gasteiger charge is 2.15. The topological polar surface area (TPSA) is 87.0 Å². The summed E-state index contributed by atoms with van der Waals surface area (Å²) in [7, 11) is -4.59. The molecule has 0 bridgehead atoms. The average Bonchev–Trinajstić information content (AvgIpc) is 2.34. The first-order valence-electron chi connectivity index (χ1n) is 5.36. The first-order chi connectivity index (χ1) is 8.86. The molecule has 0 aliphatic carbocycles. The normalized spacial score (nSPS) is 12.9. The number of nitrogens with zero attached hydrogens (tertiary/aromatic N) is 1. The minimum Gasteiger partial charge on any atom is -0.260 e. The molecule has 1 N–H and O–H groups in total. The maximum atomic E-state index is 11.9. The lowest BCUT2D eigenvalue weighted by Gasteiger charge is -2.07. The fraction of sp³-hybridized carbons (Fsp3) is 0.364. The van der Waals surface area contributed by atoms with E-state index in [2.05, 4.69) is 4.72 Å². The Balaban J connectivity index is 2.75. The van der Waals surface area contributed by atoms with Crippen LogP contribution in [0, 0.1) is 11.3 Å². The van der Waals surface area contributed by atoms with Gasteiger partial charge >= 0.3 is 0 Å². The Morgan fingerprint density at radius 2 is 2.16 bits per heavy atom. The fourth-order valence-electron chi connectivity index (χ4n) is 1.32. The Labute approximate surface area is 120 Å². The van der Waals surface area contributed by atoms with E-state index in [1.807, 2.05) is 6.07 Å². The average molecular weight is 321 g/mol. The minimum atomic E-state index is -3.65. The van der Waals surface area contributed by atoms with Crippen molar-refractivity contribution in [3.05, 3.63) is 28.8 Å². The lowest BCUT2D eigenvalue weighted by molar-refractivity contribution is 0.580. The highest BCUT2D eigenvalue weighted by molar-refractivity contribution is 7.89. The van der Waals surface area contributed by atoms with Crippen molar-refractivity contribution in [2.24, 2.45) is 0 Å². The molecule has 0 spiro atoms. The predicted molar refractivity (Wildman–Crippen MR) is 74.9 cm³/mol. The summed E-state index contributed by atoms with van der Waals surface area (Å²) >= 11 is 5.78. The van der Waals surface area contributed by atoms with Crippen LogP contribution < -0.4 is 4.72 Å². The van der Waals surface area contributed by atoms with Gasteiger partial charge in [-0.3, -0.25) is 4.21 Å². The van der Waals surface area contributed by atoms with Crippen LogP contribution in [-0.4, -0.2) is 31.2 Å². The molecule has 0 aliphatic heterocycles. The molecule has 0 heterocycles. The maximum Gasteiger partial charge on any atom is 0.240 e. The second-order valence-corrected chi connectivity index (χ2v) is 7.51. The first-order valence-corrected chi connectivity index (χ1v) is 8.95. The molecule has 1 atom stereocenters. The summed E-state index contributed by atoms with van der Waals surface area (Å²) in [5, 5.41) is 8.81. The van der Waals surface area contributed by atoms with Crippen LogP contribution in [0.5, 0.6) is 0 Å². The third-order valence-corrected chi connectivity index (χ3v) is 4.91. The van der Waals surface area contributed by atoms with Crippen LogP contribution in [0.3, 0.4) is 0 Å². The molecule has 0 aliphatic rings. The standard InChI is InChI=1S/C11H13ClN2O3S2/c1-18(15)6-2-5-14-19(16,17)10-4-3-9(8-13)11(12)7-10/h3-4,7,14H,2,5-6H2,1H3. The van der Waals surface area contributed by atoms with Gasteiger partial charge in [-0.25, -0.2) is 13.1 Å². The Morgan fingerprint density at radius 3 is 2.68 bits per heavy atom. The first kappa shape index (κ1) is 16.1. The van der Waals surface area contributed by atoms with Crippen molar-refractivity contribution in [2.45, 2.75) is 11.3 Å². The van der Waals surface area contributed by atoms with E-state index in [-0.39, 0.29) is 22.0 Å². The van der Waals surface area contributed by atoms with Gasteiger partial charge in [-0.2, -0.15) is 5.26 Å². The minimum absolute atomic E-state index is 0.00845. The lowest BCUT2D eigenvalue weighted by atomic mass is 10.2. The molecular formula is C11H13ClN2O3S2. The molecule has 1 aromatic rings. The molecule has 1 rings (SSSR count). The molecule has 0 amide bonds. The van der Waals surface area contributed by atoms with Gasteiger partial charge in [0, 0.05) is 29.4 Å². The van der Waals surface area contributed by atoms with Gasteiger partial charge in [-0.15, -0.1) is 0 Å². The van der Waals surface area contributed by atoms with Crippen molar-refractivity contribution >= 4 is 32.4 Å². The molecule has 1 unspecified atom stereocenters. The van der Waals surface area contributed by atoms with Gasteiger partial charge in [-0.05, 0) is 24.6 Å². The summed E-state index contributed by atoms with van der Waals surface area (Å²) in [4.78, 5) is 0.00845. The molecule has 8 heteroatoms. The summed E-state index contributed by atoms with van der Waals surface area (Å²) in [6.45, 7) is 0.208. The van der Waals surface area contributed by atoms with Gasteiger partial charge in [0.2, 0.25) is 10.0 Å². The van der Waals surface area contributed by atoms with Crippen molar-refractivity contribution in [2.75, 3.05) is 18.6 Å². The molecule has 0 fully saturated rings. The largest absolute Gasteiger partial charge is 0.260 e. The second kappa shape index (κ2) is 7.01. The van der Waals surface area contributed by atoms with Gasteiger partial charge in [0.05, 0.1) is 15.5 Å². The number of nitrogens with one attached hydrogen (secondary N) is 1. The molecule has 19 heavy (non-hydrogen) atoms. The maximum absolute atomic E-state index is 11.9. The number of nitriles is 1. The second-order valence-electron chi connectivity index (χ2n) is 3.78. The van der Waals surface area contributed by atoms with E-state index in [1.54, 1.807) is 6.26 Å². The van der Waals surface area contributed by atoms with Crippen LogP contribution in [0.1, 0.15) is 12.0 Å². The molecule has 1 aromatic carbocycles. The lowest BCUT2D eigenvalue weighted by Crippen LogP contribution is -2.25. The zero-order valence-electron chi connectivity index (χ0n) is 10.2. The van der Waals surface area contributed by atoms with Gasteiger partial charge in [0.25, 0.3) is 0 Å². The Bertz CT molecular complexity index is 623. The van der Waals surface area contributed by atoms with E-state index in [0.717, 1.165) is 0 Å². The van der Waals surface area contributed by atoms with E-state index in [4.69, 9.17) is 16.9 Å². The predicted octanol–water partition coefficient (Wildman–Crippen LogP) is 1.26. The number of rotatable bonds is 6. The van der Waals surface area contributed by atoms with Crippen LogP contribution >= 0.6 is 11.6 Å². The van der Waals surface area contributed by atoms with Gasteiger partial charge in [0.1, 0.15) is 6.07 Å². The third kappa shape index (κ3) is 4.91. The molecule has 104 valence electrons. The summed E-state index contributed by atoms with van der Waals surface area (Å²) in [5.41, 5.74) is 0.224. The van der Waals surface area contributed by atoms with Crippen molar-refractivity contribution in [1.82, 2.24) is 4.72 Å². The molecule has 0 aromatic heterocycles. The van der Waals surface area contributed by atoms with Crippen molar-refractivity contribution in [1.29, 1.82) is 5.26 Å². The Hall–Kier alpha value is -0.940. The Kier molecular flexibility index (Phi) is 5.94. The Morgan fingerprint density at radius 1 is 1.47 bits per heavy atom. The van der Waals surface area contributed by atoms with Crippen LogP contribution in [0.15, 0.2) is 23.1 Å². The van der Waals surface area contributed by atoms with Gasteiger partial charge in [-0.1, -0.05) is 11.6 Å². The zero-order chi connectivity index (χ0) is 14.5. The third-order valence-electron chi connectivity index (χ3n) is 2.27. The number of sulfonamides is 1. The summed E-state index contributed by atoms with van der Waals surface area (Å²) in [6, 6.07) is 5.78. The van der Waals surface area contributed by atoms with Crippen molar-refractivity contribution in [3.63, 3.8) is 0 Å². The van der Waals surface area contributed by atoms with E-state index in [9.17, 15) is 12.6 Å². The van der Waals surface area contributed by atoms with Crippen LogP contribution in [0.25, 0.3) is 0 Å². The molecule has 0 radical (unpaired) electrons. The SMILES string of the molecule is CS(=O)CCCNS(=O)(=O)c1ccc(C#N)c(Cl)c1. The van der Waals surface area contributed by atoms with Gasteiger partial charge < -0.3 is 0 Å². The quantitative estimate of drug-likeness (QED) is 0.799. The number of benzene rings is 1. The summed E-state index contributed by atoms with van der Waals surface area (Å²) < 4.78 is 37.0. The van der Waals surface area contributed by atoms with Crippen molar-refractivity contribution < 1.29 is 12.6 Å². The van der Waals surface area contributed by atoms with E-state index >= 15 is 0 Å². The molecule has 0 saturated carbocycles.